The molecule has 2 aromatic rings. The van der Waals surface area contributed by atoms with Gasteiger partial charge in [0.15, 0.2) is 5.82 Å². The lowest BCUT2D eigenvalue weighted by molar-refractivity contribution is 0.176. The van der Waals surface area contributed by atoms with Crippen molar-refractivity contribution in [3.8, 4) is 0 Å². The van der Waals surface area contributed by atoms with Crippen LogP contribution in [0.25, 0.3) is 0 Å². The first-order chi connectivity index (χ1) is 8.06. The number of aliphatic hydroxyl groups excluding tert-OH is 1. The number of rotatable bonds is 3. The third kappa shape index (κ3) is 2.81. The number of nitrogens with zero attached hydrogens (tertiary/aromatic N) is 4. The topological polar surface area (TPSA) is 63.8 Å². The van der Waals surface area contributed by atoms with Crippen molar-refractivity contribution in [1.29, 1.82) is 0 Å². The lowest BCUT2D eigenvalue weighted by atomic mass is 10.0. The fraction of sp³-hybridized carbons (Fsp3) is 0.364. The first-order valence-electron chi connectivity index (χ1n) is 5.23. The summed E-state index contributed by atoms with van der Waals surface area (Å²) in [5.41, 5.74) is 1.74. The monoisotopic (exact) mass is 252 g/mol. The standard InChI is InChI=1S/C11H13ClN4O/c1-7-3-4-8(9(12)5-7)10(17)6-11-13-15-16(2)14-11/h3-5,10,17H,6H2,1-2H3. The highest BCUT2D eigenvalue weighted by Crippen LogP contribution is 2.25. The molecule has 0 amide bonds. The Balaban J connectivity index is 2.17. The number of tetrazole rings is 1. The third-order valence-corrected chi connectivity index (χ3v) is 2.77. The number of halogens is 1. The molecular formula is C11H13ClN4O. The molecule has 5 nitrogen and oxygen atoms in total. The van der Waals surface area contributed by atoms with Crippen LogP contribution in [-0.4, -0.2) is 25.3 Å². The van der Waals surface area contributed by atoms with Crippen LogP contribution in [-0.2, 0) is 13.5 Å². The average molecular weight is 253 g/mol. The summed E-state index contributed by atoms with van der Waals surface area (Å²) in [5, 5.41) is 22.2. The Labute approximate surface area is 104 Å². The van der Waals surface area contributed by atoms with Crippen LogP contribution >= 0.6 is 11.6 Å². The van der Waals surface area contributed by atoms with Crippen LogP contribution in [0.1, 0.15) is 23.1 Å². The summed E-state index contributed by atoms with van der Waals surface area (Å²) in [6.45, 7) is 1.95. The fourth-order valence-corrected chi connectivity index (χ4v) is 1.95. The van der Waals surface area contributed by atoms with Gasteiger partial charge < -0.3 is 5.11 Å². The highest BCUT2D eigenvalue weighted by atomic mass is 35.5. The average Bonchev–Trinajstić information content (AvgIpc) is 2.63. The van der Waals surface area contributed by atoms with E-state index in [0.29, 0.717) is 22.8 Å². The van der Waals surface area contributed by atoms with Gasteiger partial charge in [0, 0.05) is 11.4 Å². The Hall–Kier alpha value is -1.46. The van der Waals surface area contributed by atoms with Crippen LogP contribution in [0.4, 0.5) is 0 Å². The van der Waals surface area contributed by atoms with Crippen molar-refractivity contribution in [3.05, 3.63) is 40.2 Å². The van der Waals surface area contributed by atoms with Gasteiger partial charge >= 0.3 is 0 Å². The van der Waals surface area contributed by atoms with Crippen LogP contribution in [0.15, 0.2) is 18.2 Å². The smallest absolute Gasteiger partial charge is 0.177 e. The summed E-state index contributed by atoms with van der Waals surface area (Å²) < 4.78 is 0. The van der Waals surface area contributed by atoms with E-state index in [9.17, 15) is 5.11 Å². The molecule has 0 saturated carbocycles. The minimum Gasteiger partial charge on any atom is -0.388 e. The highest BCUT2D eigenvalue weighted by molar-refractivity contribution is 6.31. The minimum atomic E-state index is -0.715. The van der Waals surface area contributed by atoms with E-state index in [1.807, 2.05) is 25.1 Å². The van der Waals surface area contributed by atoms with Crippen LogP contribution in [0.3, 0.4) is 0 Å². The molecule has 0 spiro atoms. The zero-order chi connectivity index (χ0) is 12.4. The molecule has 1 aromatic carbocycles. The molecular weight excluding hydrogens is 240 g/mol. The molecule has 1 heterocycles. The van der Waals surface area contributed by atoms with Crippen molar-refractivity contribution in [1.82, 2.24) is 20.2 Å². The zero-order valence-corrected chi connectivity index (χ0v) is 10.4. The number of benzene rings is 1. The molecule has 0 saturated heterocycles. The molecule has 0 aliphatic heterocycles. The molecule has 0 aliphatic carbocycles. The van der Waals surface area contributed by atoms with Crippen molar-refractivity contribution in [2.75, 3.05) is 0 Å². The molecule has 1 unspecified atom stereocenters. The molecule has 6 heteroatoms. The van der Waals surface area contributed by atoms with Crippen LogP contribution < -0.4 is 0 Å². The maximum atomic E-state index is 10.1. The van der Waals surface area contributed by atoms with Crippen LogP contribution in [0.5, 0.6) is 0 Å². The Kier molecular flexibility index (Phi) is 3.40. The van der Waals surface area contributed by atoms with E-state index in [-0.39, 0.29) is 0 Å². The van der Waals surface area contributed by atoms with Gasteiger partial charge in [0.1, 0.15) is 0 Å². The van der Waals surface area contributed by atoms with E-state index in [1.54, 1.807) is 7.05 Å². The van der Waals surface area contributed by atoms with Gasteiger partial charge in [0.2, 0.25) is 0 Å². The first-order valence-corrected chi connectivity index (χ1v) is 5.61. The summed E-state index contributed by atoms with van der Waals surface area (Å²) in [4.78, 5) is 1.36. The maximum absolute atomic E-state index is 10.1. The van der Waals surface area contributed by atoms with E-state index in [1.165, 1.54) is 4.80 Å². The molecule has 90 valence electrons. The van der Waals surface area contributed by atoms with Crippen molar-refractivity contribution >= 4 is 11.6 Å². The number of hydrogen-bond acceptors (Lipinski definition) is 4. The van der Waals surface area contributed by atoms with Crippen molar-refractivity contribution in [3.63, 3.8) is 0 Å². The summed E-state index contributed by atoms with van der Waals surface area (Å²) in [6, 6.07) is 5.55. The molecule has 17 heavy (non-hydrogen) atoms. The van der Waals surface area contributed by atoms with Crippen LogP contribution in [0.2, 0.25) is 5.02 Å². The van der Waals surface area contributed by atoms with Gasteiger partial charge in [-0.05, 0) is 29.3 Å². The SMILES string of the molecule is Cc1ccc(C(O)Cc2nnn(C)n2)c(Cl)c1. The zero-order valence-electron chi connectivity index (χ0n) is 9.63. The fourth-order valence-electron chi connectivity index (χ4n) is 1.59. The third-order valence-electron chi connectivity index (χ3n) is 2.44. The number of hydrogen-bond donors (Lipinski definition) is 1. The number of aliphatic hydroxyl groups is 1. The molecule has 0 fully saturated rings. The van der Waals surface area contributed by atoms with Gasteiger partial charge in [-0.25, -0.2) is 0 Å². The molecule has 0 radical (unpaired) electrons. The second-order valence-corrected chi connectivity index (χ2v) is 4.35. The van der Waals surface area contributed by atoms with Crippen molar-refractivity contribution in [2.45, 2.75) is 19.4 Å². The van der Waals surface area contributed by atoms with Gasteiger partial charge in [-0.1, -0.05) is 23.7 Å². The van der Waals surface area contributed by atoms with E-state index in [4.69, 9.17) is 11.6 Å². The molecule has 1 aromatic heterocycles. The summed E-state index contributed by atoms with van der Waals surface area (Å²) in [5.74, 6) is 0.497. The molecule has 0 bridgehead atoms. The summed E-state index contributed by atoms with van der Waals surface area (Å²) in [7, 11) is 1.68. The van der Waals surface area contributed by atoms with Gasteiger partial charge in [-0.3, -0.25) is 0 Å². The first kappa shape index (κ1) is 12.0. The lowest BCUT2D eigenvalue weighted by Crippen LogP contribution is -2.04. The highest BCUT2D eigenvalue weighted by Gasteiger charge is 2.15. The minimum absolute atomic E-state index is 0.302. The predicted molar refractivity (Wildman–Crippen MR) is 63.7 cm³/mol. The van der Waals surface area contributed by atoms with Gasteiger partial charge in [0.05, 0.1) is 13.2 Å². The Morgan fingerprint density at radius 3 is 2.82 bits per heavy atom. The van der Waals surface area contributed by atoms with Crippen molar-refractivity contribution < 1.29 is 5.11 Å². The Bertz CT molecular complexity index is 526. The van der Waals surface area contributed by atoms with E-state index >= 15 is 0 Å². The number of aryl methyl sites for hydroxylation is 2. The van der Waals surface area contributed by atoms with Gasteiger partial charge in [-0.2, -0.15) is 4.80 Å². The molecule has 1 atom stereocenters. The van der Waals surface area contributed by atoms with E-state index < -0.39 is 6.10 Å². The molecule has 0 aliphatic rings. The largest absolute Gasteiger partial charge is 0.388 e. The second-order valence-electron chi connectivity index (χ2n) is 3.94. The van der Waals surface area contributed by atoms with Gasteiger partial charge in [-0.15, -0.1) is 10.2 Å². The lowest BCUT2D eigenvalue weighted by Gasteiger charge is -2.11. The maximum Gasteiger partial charge on any atom is 0.177 e. The Morgan fingerprint density at radius 2 is 2.24 bits per heavy atom. The Morgan fingerprint density at radius 1 is 1.47 bits per heavy atom. The second kappa shape index (κ2) is 4.81. The molecule has 2 rings (SSSR count). The van der Waals surface area contributed by atoms with Crippen molar-refractivity contribution in [2.24, 2.45) is 7.05 Å². The van der Waals surface area contributed by atoms with E-state index in [2.05, 4.69) is 15.4 Å². The summed E-state index contributed by atoms with van der Waals surface area (Å²) >= 11 is 6.07. The molecule has 1 N–H and O–H groups in total. The summed E-state index contributed by atoms with van der Waals surface area (Å²) in [6.07, 6.45) is -0.413. The van der Waals surface area contributed by atoms with E-state index in [0.717, 1.165) is 5.56 Å². The quantitative estimate of drug-likeness (QED) is 0.898. The predicted octanol–water partition coefficient (Wildman–Crippen LogP) is 1.45. The van der Waals surface area contributed by atoms with Crippen LogP contribution in [0, 0.1) is 6.92 Å². The van der Waals surface area contributed by atoms with Gasteiger partial charge in [0.25, 0.3) is 0 Å². The normalized spacial score (nSPS) is 12.7. The number of aromatic nitrogens is 4.